The lowest BCUT2D eigenvalue weighted by molar-refractivity contribution is -0.142. The van der Waals surface area contributed by atoms with Crippen LogP contribution >= 0.6 is 25.3 Å². The summed E-state index contributed by atoms with van der Waals surface area (Å²) in [5.74, 6) is -1.57. The first kappa shape index (κ1) is 21.0. The van der Waals surface area contributed by atoms with Crippen LogP contribution in [0, 0.1) is 0 Å². The molecule has 0 saturated heterocycles. The van der Waals surface area contributed by atoms with Gasteiger partial charge in [0, 0.05) is 18.1 Å². The second kappa shape index (κ2) is 11.6. The summed E-state index contributed by atoms with van der Waals surface area (Å²) in [6.07, 6.45) is 1.34. The molecule has 10 heteroatoms. The van der Waals surface area contributed by atoms with E-state index in [-0.39, 0.29) is 23.8 Å². The summed E-state index contributed by atoms with van der Waals surface area (Å²) in [6, 6.07) is -2.50. The van der Waals surface area contributed by atoms with Crippen molar-refractivity contribution in [2.45, 2.75) is 37.4 Å². The predicted molar refractivity (Wildman–Crippen MR) is 90.1 cm³/mol. The summed E-state index contributed by atoms with van der Waals surface area (Å²) < 4.78 is 0. The summed E-state index contributed by atoms with van der Waals surface area (Å²) in [7, 11) is 0. The van der Waals surface area contributed by atoms with Crippen LogP contribution in [0.5, 0.6) is 0 Å². The zero-order chi connectivity index (χ0) is 17.1. The van der Waals surface area contributed by atoms with Crippen LogP contribution in [0.4, 0.5) is 0 Å². The molecule has 2 amide bonds. The monoisotopic (exact) mass is 352 g/mol. The van der Waals surface area contributed by atoms with E-state index in [0.29, 0.717) is 19.4 Å². The third-order valence-electron chi connectivity index (χ3n) is 2.90. The number of hydrogen-bond acceptors (Lipinski definition) is 7. The summed E-state index contributed by atoms with van der Waals surface area (Å²) in [4.78, 5) is 34.0. The van der Waals surface area contributed by atoms with Gasteiger partial charge in [-0.2, -0.15) is 25.3 Å². The minimum atomic E-state index is -1.12. The maximum Gasteiger partial charge on any atom is 0.326 e. The topological polar surface area (TPSA) is 148 Å². The highest BCUT2D eigenvalue weighted by atomic mass is 32.1. The van der Waals surface area contributed by atoms with E-state index in [1.54, 1.807) is 0 Å². The summed E-state index contributed by atoms with van der Waals surface area (Å²) in [5, 5.41) is 14.0. The van der Waals surface area contributed by atoms with Crippen LogP contribution in [-0.2, 0) is 14.4 Å². The van der Waals surface area contributed by atoms with E-state index in [0.717, 1.165) is 0 Å². The first-order chi connectivity index (χ1) is 10.3. The number of nitrogens with two attached hydrogens (primary N) is 2. The fourth-order valence-electron chi connectivity index (χ4n) is 1.52. The molecule has 22 heavy (non-hydrogen) atoms. The predicted octanol–water partition coefficient (Wildman–Crippen LogP) is -1.64. The fraction of sp³-hybridized carbons (Fsp3) is 0.750. The molecule has 0 aliphatic carbocycles. The molecule has 0 aromatic carbocycles. The van der Waals surface area contributed by atoms with Gasteiger partial charge in [0.25, 0.3) is 0 Å². The van der Waals surface area contributed by atoms with Crippen molar-refractivity contribution in [1.82, 2.24) is 10.6 Å². The van der Waals surface area contributed by atoms with Gasteiger partial charge in [-0.3, -0.25) is 9.59 Å². The van der Waals surface area contributed by atoms with Gasteiger partial charge in [-0.05, 0) is 19.3 Å². The molecule has 7 N–H and O–H groups in total. The number of nitrogens with one attached hydrogen (secondary N) is 2. The molecule has 0 unspecified atom stereocenters. The first-order valence-corrected chi connectivity index (χ1v) is 8.13. The Balaban J connectivity index is 4.05. The number of carbonyl (C=O) groups excluding carboxylic acids is 2. The summed E-state index contributed by atoms with van der Waals surface area (Å²) >= 11 is 7.80. The van der Waals surface area contributed by atoms with Crippen LogP contribution in [-0.4, -0.2) is 59.1 Å². The molecule has 8 nitrogen and oxygen atoms in total. The Labute approximate surface area is 140 Å². The van der Waals surface area contributed by atoms with Crippen LogP contribution in [0.1, 0.15) is 19.3 Å². The van der Waals surface area contributed by atoms with E-state index in [1.807, 2.05) is 0 Å². The van der Waals surface area contributed by atoms with Crippen LogP contribution in [0.3, 0.4) is 0 Å². The van der Waals surface area contributed by atoms with Gasteiger partial charge in [0.2, 0.25) is 11.8 Å². The third-order valence-corrected chi connectivity index (χ3v) is 3.69. The fourth-order valence-corrected chi connectivity index (χ4v) is 1.85. The third kappa shape index (κ3) is 8.47. The van der Waals surface area contributed by atoms with Crippen LogP contribution in [0.25, 0.3) is 0 Å². The van der Waals surface area contributed by atoms with E-state index < -0.39 is 30.0 Å². The Morgan fingerprint density at radius 2 is 1.55 bits per heavy atom. The van der Waals surface area contributed by atoms with E-state index in [2.05, 4.69) is 35.9 Å². The van der Waals surface area contributed by atoms with Crippen molar-refractivity contribution in [2.24, 2.45) is 11.5 Å². The normalized spacial score (nSPS) is 14.7. The lowest BCUT2D eigenvalue weighted by atomic mass is 10.1. The van der Waals surface area contributed by atoms with Gasteiger partial charge in [0.1, 0.15) is 6.04 Å². The molecule has 0 aromatic heterocycles. The first-order valence-electron chi connectivity index (χ1n) is 6.87. The van der Waals surface area contributed by atoms with E-state index in [1.165, 1.54) is 0 Å². The standard InChI is InChI=1S/C12H24N4O4S2/c13-7(5-21)10(17)15-4-2-1-3-9(12(19)20)16-11(18)8(14)6-22/h7-9,21-22H,1-6,13-14H2,(H,15,17)(H,16,18)(H,19,20)/t7-,8-,9-/m0/s1. The smallest absolute Gasteiger partial charge is 0.326 e. The Bertz CT molecular complexity index is 384. The number of aliphatic carboxylic acids is 1. The Kier molecular flexibility index (Phi) is 11.1. The molecule has 0 rings (SSSR count). The number of thiol groups is 2. The molecule has 0 aromatic rings. The van der Waals surface area contributed by atoms with Crippen molar-refractivity contribution in [2.75, 3.05) is 18.1 Å². The van der Waals surface area contributed by atoms with Crippen molar-refractivity contribution in [3.8, 4) is 0 Å². The van der Waals surface area contributed by atoms with E-state index in [9.17, 15) is 14.4 Å². The Morgan fingerprint density at radius 3 is 2.05 bits per heavy atom. The molecule has 0 heterocycles. The molecular formula is C12H24N4O4S2. The van der Waals surface area contributed by atoms with Gasteiger partial charge in [-0.1, -0.05) is 0 Å². The molecule has 0 fully saturated rings. The van der Waals surface area contributed by atoms with Gasteiger partial charge >= 0.3 is 5.97 Å². The molecule has 0 aliphatic heterocycles. The zero-order valence-corrected chi connectivity index (χ0v) is 14.0. The quantitative estimate of drug-likeness (QED) is 0.175. The molecule has 0 aliphatic rings. The van der Waals surface area contributed by atoms with Crippen LogP contribution in [0.2, 0.25) is 0 Å². The van der Waals surface area contributed by atoms with Crippen molar-refractivity contribution in [3.05, 3.63) is 0 Å². The highest BCUT2D eigenvalue weighted by Crippen LogP contribution is 2.02. The van der Waals surface area contributed by atoms with Crippen molar-refractivity contribution in [3.63, 3.8) is 0 Å². The largest absolute Gasteiger partial charge is 0.480 e. The van der Waals surface area contributed by atoms with E-state index in [4.69, 9.17) is 16.6 Å². The number of rotatable bonds is 11. The highest BCUT2D eigenvalue weighted by Gasteiger charge is 2.22. The van der Waals surface area contributed by atoms with Crippen molar-refractivity contribution < 1.29 is 19.5 Å². The Morgan fingerprint density at radius 1 is 1.00 bits per heavy atom. The van der Waals surface area contributed by atoms with Crippen LogP contribution < -0.4 is 22.1 Å². The number of unbranched alkanes of at least 4 members (excludes halogenated alkanes) is 1. The van der Waals surface area contributed by atoms with Gasteiger partial charge in [0.15, 0.2) is 0 Å². The van der Waals surface area contributed by atoms with Crippen molar-refractivity contribution in [1.29, 1.82) is 0 Å². The zero-order valence-electron chi connectivity index (χ0n) is 12.2. The molecular weight excluding hydrogens is 328 g/mol. The lowest BCUT2D eigenvalue weighted by Gasteiger charge is -2.17. The summed E-state index contributed by atoms with van der Waals surface area (Å²) in [5.41, 5.74) is 11.0. The van der Waals surface area contributed by atoms with Gasteiger partial charge in [-0.15, -0.1) is 0 Å². The van der Waals surface area contributed by atoms with Gasteiger partial charge in [0.05, 0.1) is 12.1 Å². The molecule has 0 spiro atoms. The van der Waals surface area contributed by atoms with Gasteiger partial charge in [-0.25, -0.2) is 4.79 Å². The highest BCUT2D eigenvalue weighted by molar-refractivity contribution is 7.80. The number of carboxylic acids is 1. The average molecular weight is 352 g/mol. The van der Waals surface area contributed by atoms with Crippen molar-refractivity contribution >= 4 is 43.0 Å². The maximum atomic E-state index is 11.5. The Hall–Kier alpha value is -0.970. The summed E-state index contributed by atoms with van der Waals surface area (Å²) in [6.45, 7) is 0.386. The molecule has 0 saturated carbocycles. The number of carbonyl (C=O) groups is 3. The number of carboxylic acid groups (broad SMARTS) is 1. The lowest BCUT2D eigenvalue weighted by Crippen LogP contribution is -2.49. The van der Waals surface area contributed by atoms with Crippen LogP contribution in [0.15, 0.2) is 0 Å². The molecule has 0 radical (unpaired) electrons. The second-order valence-corrected chi connectivity index (χ2v) is 5.49. The minimum absolute atomic E-state index is 0.135. The SMILES string of the molecule is N[C@@H](CS)C(=O)NCCCC[C@H](NC(=O)[C@@H](N)CS)C(=O)O. The maximum absolute atomic E-state index is 11.5. The molecule has 128 valence electrons. The second-order valence-electron chi connectivity index (χ2n) is 4.76. The average Bonchev–Trinajstić information content (AvgIpc) is 2.50. The molecule has 3 atom stereocenters. The molecule has 0 bridgehead atoms. The number of amides is 2. The number of hydrogen-bond donors (Lipinski definition) is 7. The van der Waals surface area contributed by atoms with Gasteiger partial charge < -0.3 is 27.2 Å². The minimum Gasteiger partial charge on any atom is -0.480 e. The van der Waals surface area contributed by atoms with E-state index >= 15 is 0 Å².